The molecule has 6 rings (SSSR count). The fourth-order valence-electron chi connectivity index (χ4n) is 5.17. The van der Waals surface area contributed by atoms with Crippen molar-refractivity contribution in [1.82, 2.24) is 0 Å². The van der Waals surface area contributed by atoms with Crippen molar-refractivity contribution in [2.75, 3.05) is 18.0 Å². The summed E-state index contributed by atoms with van der Waals surface area (Å²) >= 11 is 0. The lowest BCUT2D eigenvalue weighted by Gasteiger charge is -2.20. The average molecular weight is 459 g/mol. The maximum Gasteiger partial charge on any atom is 0.345 e. The number of benzene rings is 5. The molecule has 4 heteroatoms. The summed E-state index contributed by atoms with van der Waals surface area (Å²) < 4.78 is 5.65. The van der Waals surface area contributed by atoms with E-state index in [1.807, 2.05) is 18.2 Å². The Bertz CT molecular complexity index is 1760. The van der Waals surface area contributed by atoms with Gasteiger partial charge < -0.3 is 9.32 Å². The van der Waals surface area contributed by atoms with Crippen LogP contribution in [0.1, 0.15) is 25.0 Å². The smallest absolute Gasteiger partial charge is 0.345 e. The SMILES string of the molecule is CCN(CC)c1ccc2cc(C=NCc3ccc4ccc5cccc6ccc3c4c56)c(=O)oc2c1. The molecule has 0 aliphatic carbocycles. The molecule has 0 amide bonds. The van der Waals surface area contributed by atoms with Gasteiger partial charge in [-0.25, -0.2) is 4.79 Å². The van der Waals surface area contributed by atoms with Gasteiger partial charge in [0.15, 0.2) is 0 Å². The Hall–Kier alpha value is -4.18. The van der Waals surface area contributed by atoms with E-state index in [4.69, 9.17) is 4.42 Å². The predicted molar refractivity (Wildman–Crippen MR) is 147 cm³/mol. The molecule has 0 spiro atoms. The summed E-state index contributed by atoms with van der Waals surface area (Å²) in [4.78, 5) is 19.5. The van der Waals surface area contributed by atoms with Gasteiger partial charge in [0.25, 0.3) is 0 Å². The van der Waals surface area contributed by atoms with Crippen molar-refractivity contribution in [2.24, 2.45) is 4.99 Å². The van der Waals surface area contributed by atoms with Gasteiger partial charge in [-0.15, -0.1) is 0 Å². The largest absolute Gasteiger partial charge is 0.422 e. The minimum Gasteiger partial charge on any atom is -0.422 e. The van der Waals surface area contributed by atoms with Crippen molar-refractivity contribution in [3.8, 4) is 0 Å². The summed E-state index contributed by atoms with van der Waals surface area (Å²) in [5.74, 6) is 0. The van der Waals surface area contributed by atoms with Crippen LogP contribution in [0.4, 0.5) is 5.69 Å². The zero-order valence-electron chi connectivity index (χ0n) is 19.9. The summed E-state index contributed by atoms with van der Waals surface area (Å²) in [6.45, 7) is 6.53. The van der Waals surface area contributed by atoms with Gasteiger partial charge in [-0.1, -0.05) is 54.6 Å². The third kappa shape index (κ3) is 3.62. The molecule has 6 aromatic rings. The lowest BCUT2D eigenvalue weighted by molar-refractivity contribution is 0.559. The van der Waals surface area contributed by atoms with Crippen LogP contribution in [0.15, 0.2) is 93.1 Å². The molecule has 0 bridgehead atoms. The van der Waals surface area contributed by atoms with Gasteiger partial charge in [-0.05, 0) is 69.9 Å². The van der Waals surface area contributed by atoms with Crippen molar-refractivity contribution >= 4 is 55.2 Å². The summed E-state index contributed by atoms with van der Waals surface area (Å²) in [6, 6.07) is 27.3. The number of rotatable bonds is 6. The fraction of sp³-hybridized carbons (Fsp3) is 0.161. The Morgan fingerprint density at radius 1 is 0.800 bits per heavy atom. The molecule has 0 radical (unpaired) electrons. The summed E-state index contributed by atoms with van der Waals surface area (Å²) in [5.41, 5.74) is 2.89. The van der Waals surface area contributed by atoms with Crippen molar-refractivity contribution in [2.45, 2.75) is 20.4 Å². The van der Waals surface area contributed by atoms with E-state index in [0.29, 0.717) is 17.7 Å². The van der Waals surface area contributed by atoms with E-state index in [2.05, 4.69) is 84.4 Å². The van der Waals surface area contributed by atoms with Gasteiger partial charge >= 0.3 is 5.63 Å². The summed E-state index contributed by atoms with van der Waals surface area (Å²) in [6.07, 6.45) is 1.64. The van der Waals surface area contributed by atoms with Crippen LogP contribution in [0.2, 0.25) is 0 Å². The molecule has 0 atom stereocenters. The molecular formula is C31H26N2O2. The Balaban J connectivity index is 1.34. The van der Waals surface area contributed by atoms with Gasteiger partial charge in [0.2, 0.25) is 0 Å². The quantitative estimate of drug-likeness (QED) is 0.151. The standard InChI is InChI=1S/C31H26N2O2/c1-3-33(4-2)26-14-12-23-16-25(31(34)35-28(23)17-26)19-32-18-24-11-10-22-9-8-20-6-5-7-21-13-15-27(24)30(22)29(20)21/h5-17,19H,3-4,18H2,1-2H3. The summed E-state index contributed by atoms with van der Waals surface area (Å²) in [5, 5.41) is 8.41. The number of aliphatic imine (C=N–C) groups is 1. The second kappa shape index (κ2) is 8.55. The molecule has 5 aromatic carbocycles. The van der Waals surface area contributed by atoms with Crippen LogP contribution in [0, 0.1) is 0 Å². The van der Waals surface area contributed by atoms with E-state index in [1.54, 1.807) is 6.21 Å². The highest BCUT2D eigenvalue weighted by Gasteiger charge is 2.11. The van der Waals surface area contributed by atoms with Gasteiger partial charge in [-0.2, -0.15) is 0 Å². The van der Waals surface area contributed by atoms with Crippen molar-refractivity contribution in [3.63, 3.8) is 0 Å². The second-order valence-electron chi connectivity index (χ2n) is 8.93. The molecule has 0 aliphatic rings. The highest BCUT2D eigenvalue weighted by Crippen LogP contribution is 2.36. The molecule has 0 fully saturated rings. The van der Waals surface area contributed by atoms with E-state index in [-0.39, 0.29) is 5.63 Å². The van der Waals surface area contributed by atoms with Gasteiger partial charge in [0, 0.05) is 36.4 Å². The molecule has 35 heavy (non-hydrogen) atoms. The van der Waals surface area contributed by atoms with Crippen molar-refractivity contribution in [1.29, 1.82) is 0 Å². The van der Waals surface area contributed by atoms with E-state index >= 15 is 0 Å². The third-order valence-corrected chi connectivity index (χ3v) is 6.99. The predicted octanol–water partition coefficient (Wildman–Crippen LogP) is 7.16. The topological polar surface area (TPSA) is 45.8 Å². The van der Waals surface area contributed by atoms with E-state index in [0.717, 1.165) is 29.7 Å². The Morgan fingerprint density at radius 3 is 2.26 bits per heavy atom. The first-order chi connectivity index (χ1) is 17.2. The first kappa shape index (κ1) is 21.4. The molecular weight excluding hydrogens is 432 g/mol. The molecule has 0 N–H and O–H groups in total. The Kier molecular flexibility index (Phi) is 5.22. The number of nitrogens with zero attached hydrogens (tertiary/aromatic N) is 2. The molecule has 172 valence electrons. The minimum atomic E-state index is -0.367. The molecule has 4 nitrogen and oxygen atoms in total. The Labute approximate surface area is 203 Å². The highest BCUT2D eigenvalue weighted by molar-refractivity contribution is 6.23. The zero-order chi connectivity index (χ0) is 23.9. The molecule has 1 aromatic heterocycles. The zero-order valence-corrected chi connectivity index (χ0v) is 19.9. The summed E-state index contributed by atoms with van der Waals surface area (Å²) in [7, 11) is 0. The second-order valence-corrected chi connectivity index (χ2v) is 8.93. The van der Waals surface area contributed by atoms with Crippen LogP contribution in [-0.2, 0) is 6.54 Å². The number of anilines is 1. The van der Waals surface area contributed by atoms with Gasteiger partial charge in [0.05, 0.1) is 12.1 Å². The van der Waals surface area contributed by atoms with E-state index in [1.165, 1.54) is 32.3 Å². The van der Waals surface area contributed by atoms with Crippen LogP contribution < -0.4 is 10.5 Å². The van der Waals surface area contributed by atoms with Gasteiger partial charge in [0.1, 0.15) is 5.58 Å². The maximum absolute atomic E-state index is 12.7. The Morgan fingerprint density at radius 2 is 1.49 bits per heavy atom. The maximum atomic E-state index is 12.7. The first-order valence-electron chi connectivity index (χ1n) is 12.1. The number of fused-ring (bicyclic) bond motifs is 1. The fourth-order valence-corrected chi connectivity index (χ4v) is 5.17. The third-order valence-electron chi connectivity index (χ3n) is 6.99. The molecule has 0 saturated carbocycles. The first-order valence-corrected chi connectivity index (χ1v) is 12.1. The van der Waals surface area contributed by atoms with E-state index < -0.39 is 0 Å². The highest BCUT2D eigenvalue weighted by atomic mass is 16.4. The van der Waals surface area contributed by atoms with Crippen LogP contribution in [0.3, 0.4) is 0 Å². The van der Waals surface area contributed by atoms with E-state index in [9.17, 15) is 4.79 Å². The normalized spacial score (nSPS) is 12.1. The van der Waals surface area contributed by atoms with Crippen molar-refractivity contribution < 1.29 is 4.42 Å². The average Bonchev–Trinajstić information content (AvgIpc) is 2.89. The lowest BCUT2D eigenvalue weighted by Crippen LogP contribution is -2.21. The minimum absolute atomic E-state index is 0.367. The van der Waals surface area contributed by atoms with Crippen molar-refractivity contribution in [3.05, 3.63) is 100 Å². The number of hydrogen-bond acceptors (Lipinski definition) is 4. The molecule has 0 aliphatic heterocycles. The number of hydrogen-bond donors (Lipinski definition) is 0. The van der Waals surface area contributed by atoms with Crippen LogP contribution >= 0.6 is 0 Å². The van der Waals surface area contributed by atoms with Crippen LogP contribution in [0.5, 0.6) is 0 Å². The monoisotopic (exact) mass is 458 g/mol. The molecule has 1 heterocycles. The van der Waals surface area contributed by atoms with Crippen LogP contribution in [0.25, 0.3) is 43.3 Å². The van der Waals surface area contributed by atoms with Crippen LogP contribution in [-0.4, -0.2) is 19.3 Å². The van der Waals surface area contributed by atoms with Gasteiger partial charge in [-0.3, -0.25) is 4.99 Å². The lowest BCUT2D eigenvalue weighted by atomic mass is 9.92. The molecule has 0 saturated heterocycles. The molecule has 0 unspecified atom stereocenters.